The number of carbonyl (C=O) groups is 1. The normalized spacial score (nSPS) is 20.1. The number of nitrogens with one attached hydrogen (secondary N) is 1. The number of halogens is 3. The summed E-state index contributed by atoms with van der Waals surface area (Å²) < 4.78 is 44.5. The van der Waals surface area contributed by atoms with Crippen molar-refractivity contribution in [2.24, 2.45) is 0 Å². The molecular formula is C21H17F3N4O3. The maximum absolute atomic E-state index is 15.3. The minimum absolute atomic E-state index is 0.0257. The Morgan fingerprint density at radius 3 is 2.68 bits per heavy atom. The van der Waals surface area contributed by atoms with E-state index in [1.165, 1.54) is 6.92 Å². The third-order valence-electron chi connectivity index (χ3n) is 6.02. The molecule has 2 saturated heterocycles. The van der Waals surface area contributed by atoms with E-state index < -0.39 is 34.4 Å². The zero-order valence-corrected chi connectivity index (χ0v) is 16.3. The highest BCUT2D eigenvalue weighted by Gasteiger charge is 2.40. The highest BCUT2D eigenvalue weighted by molar-refractivity contribution is 5.94. The molecule has 0 amide bonds. The van der Waals surface area contributed by atoms with Crippen LogP contribution in [0.2, 0.25) is 0 Å². The van der Waals surface area contributed by atoms with Crippen LogP contribution in [0.25, 0.3) is 16.7 Å². The molecule has 10 heteroatoms. The van der Waals surface area contributed by atoms with Crippen molar-refractivity contribution in [1.82, 2.24) is 14.9 Å². The van der Waals surface area contributed by atoms with Crippen molar-refractivity contribution in [2.45, 2.75) is 25.4 Å². The Kier molecular flexibility index (Phi) is 4.30. The molecule has 0 radical (unpaired) electrons. The molecular weight excluding hydrogens is 413 g/mol. The van der Waals surface area contributed by atoms with Crippen LogP contribution in [0.4, 0.5) is 19.0 Å². The highest BCUT2D eigenvalue weighted by atomic mass is 19.1. The second-order valence-corrected chi connectivity index (χ2v) is 7.86. The van der Waals surface area contributed by atoms with Crippen molar-refractivity contribution < 1.29 is 23.1 Å². The number of hydrogen-bond acceptors (Lipinski definition) is 5. The second-order valence-electron chi connectivity index (χ2n) is 7.86. The minimum Gasteiger partial charge on any atom is -0.477 e. The van der Waals surface area contributed by atoms with Gasteiger partial charge in [-0.1, -0.05) is 0 Å². The fourth-order valence-corrected chi connectivity index (χ4v) is 4.50. The van der Waals surface area contributed by atoms with Crippen molar-refractivity contribution in [3.63, 3.8) is 0 Å². The minimum atomic E-state index is -1.55. The first-order valence-corrected chi connectivity index (χ1v) is 9.70. The Balaban J connectivity index is 1.85. The monoisotopic (exact) mass is 430 g/mol. The van der Waals surface area contributed by atoms with Crippen LogP contribution >= 0.6 is 0 Å². The van der Waals surface area contributed by atoms with Crippen LogP contribution < -0.4 is 15.6 Å². The Bertz CT molecular complexity index is 1320. The lowest BCUT2D eigenvalue weighted by molar-refractivity contribution is 0.0695. The molecule has 0 aliphatic carbocycles. The van der Waals surface area contributed by atoms with Crippen molar-refractivity contribution in [3.05, 3.63) is 63.2 Å². The number of pyridine rings is 2. The van der Waals surface area contributed by atoms with E-state index in [2.05, 4.69) is 10.3 Å². The van der Waals surface area contributed by atoms with Crippen LogP contribution in [0.15, 0.2) is 29.2 Å². The summed E-state index contributed by atoms with van der Waals surface area (Å²) in [6.07, 6.45) is 1.77. The Labute approximate surface area is 173 Å². The molecule has 0 spiro atoms. The zero-order valence-electron chi connectivity index (χ0n) is 16.3. The van der Waals surface area contributed by atoms with Gasteiger partial charge in [0.2, 0.25) is 5.43 Å². The van der Waals surface area contributed by atoms with Gasteiger partial charge in [0, 0.05) is 43.0 Å². The standard InChI is InChI=1S/C21H17F3N4O3/c1-9-16-18(29)13(21(30)31)8-28(15-3-2-10(22)4-14(15)23)19(16)26-20(17(9)24)27-7-11-5-12(27)6-25-11/h2-4,8,11-12,25H,5-7H2,1H3,(H,30,31)/t11-,12-/m1/s1. The van der Waals surface area contributed by atoms with E-state index in [0.29, 0.717) is 19.2 Å². The molecule has 2 atom stereocenters. The van der Waals surface area contributed by atoms with Gasteiger partial charge < -0.3 is 15.3 Å². The predicted octanol–water partition coefficient (Wildman–Crippen LogP) is 2.36. The van der Waals surface area contributed by atoms with Gasteiger partial charge in [-0.2, -0.15) is 0 Å². The molecule has 2 aromatic heterocycles. The number of rotatable bonds is 3. The molecule has 160 valence electrons. The summed E-state index contributed by atoms with van der Waals surface area (Å²) >= 11 is 0. The lowest BCUT2D eigenvalue weighted by atomic mass is 10.1. The molecule has 31 heavy (non-hydrogen) atoms. The lowest BCUT2D eigenvalue weighted by Gasteiger charge is -2.29. The number of aromatic carboxylic acids is 1. The van der Waals surface area contributed by atoms with Crippen LogP contribution in [0.5, 0.6) is 0 Å². The molecule has 0 saturated carbocycles. The Morgan fingerprint density at radius 1 is 1.29 bits per heavy atom. The van der Waals surface area contributed by atoms with Crippen LogP contribution in [-0.2, 0) is 0 Å². The SMILES string of the molecule is Cc1c(F)c(N2C[C@H]3C[C@@H]2CN3)nc2c1c(=O)c(C(=O)O)cn2-c1ccc(F)cc1F. The molecule has 2 aliphatic rings. The summed E-state index contributed by atoms with van der Waals surface area (Å²) in [5.41, 5.74) is -1.95. The van der Waals surface area contributed by atoms with E-state index in [1.54, 1.807) is 0 Å². The van der Waals surface area contributed by atoms with Gasteiger partial charge in [0.1, 0.15) is 17.2 Å². The first kappa shape index (κ1) is 19.6. The van der Waals surface area contributed by atoms with Gasteiger partial charge in [-0.25, -0.2) is 22.9 Å². The zero-order chi connectivity index (χ0) is 22.0. The molecule has 2 fully saturated rings. The topological polar surface area (TPSA) is 87.5 Å². The maximum Gasteiger partial charge on any atom is 0.341 e. The van der Waals surface area contributed by atoms with Gasteiger partial charge in [0.25, 0.3) is 0 Å². The first-order chi connectivity index (χ1) is 14.8. The quantitative estimate of drug-likeness (QED) is 0.664. The molecule has 3 aromatic rings. The maximum atomic E-state index is 15.3. The average Bonchev–Trinajstić information content (AvgIpc) is 3.34. The fourth-order valence-electron chi connectivity index (χ4n) is 4.50. The number of carboxylic acids is 1. The first-order valence-electron chi connectivity index (χ1n) is 9.70. The number of nitrogens with zero attached hydrogens (tertiary/aromatic N) is 3. The number of hydrogen-bond donors (Lipinski definition) is 2. The van der Waals surface area contributed by atoms with Crippen molar-refractivity contribution in [3.8, 4) is 5.69 Å². The van der Waals surface area contributed by atoms with Crippen LogP contribution in [0, 0.1) is 24.4 Å². The van der Waals surface area contributed by atoms with E-state index in [9.17, 15) is 23.5 Å². The van der Waals surface area contributed by atoms with Gasteiger partial charge in [-0.15, -0.1) is 0 Å². The van der Waals surface area contributed by atoms with Crippen LogP contribution in [0.1, 0.15) is 22.3 Å². The molecule has 2 aliphatic heterocycles. The lowest BCUT2D eigenvalue weighted by Crippen LogP contribution is -2.44. The molecule has 0 unspecified atom stereocenters. The number of benzene rings is 1. The van der Waals surface area contributed by atoms with E-state index in [0.717, 1.165) is 29.3 Å². The molecule has 4 heterocycles. The summed E-state index contributed by atoms with van der Waals surface area (Å²) in [6.45, 7) is 2.57. The van der Waals surface area contributed by atoms with Crippen LogP contribution in [0.3, 0.4) is 0 Å². The molecule has 7 nitrogen and oxygen atoms in total. The number of carboxylic acid groups (broad SMARTS) is 1. The predicted molar refractivity (Wildman–Crippen MR) is 106 cm³/mol. The van der Waals surface area contributed by atoms with Crippen molar-refractivity contribution in [2.75, 3.05) is 18.0 Å². The summed E-state index contributed by atoms with van der Waals surface area (Å²) in [4.78, 5) is 30.7. The highest BCUT2D eigenvalue weighted by Crippen LogP contribution is 2.33. The molecule has 5 rings (SSSR count). The third kappa shape index (κ3) is 2.89. The van der Waals surface area contributed by atoms with E-state index in [1.807, 2.05) is 4.90 Å². The van der Waals surface area contributed by atoms with Crippen LogP contribution in [-0.4, -0.2) is 45.8 Å². The van der Waals surface area contributed by atoms with Gasteiger partial charge in [0.05, 0.1) is 11.1 Å². The van der Waals surface area contributed by atoms with E-state index in [-0.39, 0.29) is 40.2 Å². The number of fused-ring (bicyclic) bond motifs is 3. The number of anilines is 1. The smallest absolute Gasteiger partial charge is 0.341 e. The summed E-state index contributed by atoms with van der Waals surface area (Å²) in [5.74, 6) is -4.03. The van der Waals surface area contributed by atoms with E-state index in [4.69, 9.17) is 0 Å². The van der Waals surface area contributed by atoms with Gasteiger partial charge in [-0.05, 0) is 25.5 Å². The van der Waals surface area contributed by atoms with Gasteiger partial charge in [0.15, 0.2) is 17.3 Å². The molecule has 1 aromatic carbocycles. The average molecular weight is 430 g/mol. The van der Waals surface area contributed by atoms with E-state index >= 15 is 4.39 Å². The number of aromatic nitrogens is 2. The number of aryl methyl sites for hydroxylation is 1. The Morgan fingerprint density at radius 2 is 2.06 bits per heavy atom. The third-order valence-corrected chi connectivity index (χ3v) is 6.02. The summed E-state index contributed by atoms with van der Waals surface area (Å²) in [6, 6.07) is 2.99. The molecule has 2 N–H and O–H groups in total. The summed E-state index contributed by atoms with van der Waals surface area (Å²) in [7, 11) is 0. The molecule has 2 bridgehead atoms. The van der Waals surface area contributed by atoms with Crippen molar-refractivity contribution >= 4 is 22.8 Å². The second kappa shape index (κ2) is 6.81. The fraction of sp³-hybridized carbons (Fsp3) is 0.286. The van der Waals surface area contributed by atoms with Gasteiger partial charge in [-0.3, -0.25) is 9.36 Å². The van der Waals surface area contributed by atoms with Gasteiger partial charge >= 0.3 is 5.97 Å². The largest absolute Gasteiger partial charge is 0.477 e. The Hall–Kier alpha value is -3.40. The summed E-state index contributed by atoms with van der Waals surface area (Å²) in [5, 5.41) is 12.5. The number of piperazine rings is 1. The van der Waals surface area contributed by atoms with Crippen molar-refractivity contribution in [1.29, 1.82) is 0 Å².